The standard InChI is InChI=1S/C34H30O5.C32H26O5/c1-3-37-31(35)23-38-27-18-12-17-26(21-27)28-19-10-11-20-29(28)34-30(22-36-2)32(24-13-6-4-7-14-24)33(39-34)25-15-8-5-9-16-25;1-35-20-28-30(22-11-4-2-5-12-22)31(23-13-6-3-7-14-23)37-32(28)27-18-9-8-17-26(27)24-15-10-16-25(19-24)36-21-29(33)34/h4-21H,3,22-23H2,1-2H3;2-19H,20-21H2,1H3,(H,33,34). The molecule has 0 saturated carbocycles. The molecule has 76 heavy (non-hydrogen) atoms. The normalized spacial score (nSPS) is 10.8. The van der Waals surface area contributed by atoms with Crippen molar-refractivity contribution in [3.8, 4) is 101 Å². The fourth-order valence-electron chi connectivity index (χ4n) is 9.20. The van der Waals surface area contributed by atoms with Crippen LogP contribution in [0.25, 0.3) is 89.8 Å². The van der Waals surface area contributed by atoms with Crippen molar-refractivity contribution in [2.75, 3.05) is 34.0 Å². The van der Waals surface area contributed by atoms with Gasteiger partial charge in [0, 0.05) is 58.7 Å². The zero-order chi connectivity index (χ0) is 52.6. The number of rotatable bonds is 19. The quantitative estimate of drug-likeness (QED) is 0.0782. The molecule has 0 spiro atoms. The van der Waals surface area contributed by atoms with Crippen LogP contribution in [0.1, 0.15) is 18.1 Å². The summed E-state index contributed by atoms with van der Waals surface area (Å²) in [5.74, 6) is 2.71. The molecule has 8 aromatic carbocycles. The third-order valence-corrected chi connectivity index (χ3v) is 12.4. The van der Waals surface area contributed by atoms with E-state index in [4.69, 9.17) is 37.6 Å². The third-order valence-electron chi connectivity index (χ3n) is 12.4. The Hall–Kier alpha value is -9.22. The highest BCUT2D eigenvalue weighted by molar-refractivity contribution is 5.93. The number of benzene rings is 8. The lowest BCUT2D eigenvalue weighted by Gasteiger charge is -2.12. The van der Waals surface area contributed by atoms with Crippen LogP contribution in [-0.4, -0.2) is 51.1 Å². The molecular weight excluding hydrogens is 953 g/mol. The van der Waals surface area contributed by atoms with Gasteiger partial charge in [-0.1, -0.05) is 194 Å². The van der Waals surface area contributed by atoms with Gasteiger partial charge in [-0.25, -0.2) is 9.59 Å². The number of carboxylic acid groups (broad SMARTS) is 1. The zero-order valence-electron chi connectivity index (χ0n) is 42.4. The molecule has 0 unspecified atom stereocenters. The fraction of sp³-hybridized carbons (Fsp3) is 0.121. The molecule has 0 saturated heterocycles. The van der Waals surface area contributed by atoms with E-state index >= 15 is 0 Å². The van der Waals surface area contributed by atoms with E-state index in [2.05, 4.69) is 48.5 Å². The largest absolute Gasteiger partial charge is 0.482 e. The van der Waals surface area contributed by atoms with Gasteiger partial charge in [0.1, 0.15) is 34.5 Å². The molecular formula is C66H56O10. The van der Waals surface area contributed by atoms with Gasteiger partial charge in [0.05, 0.1) is 19.8 Å². The Morgan fingerprint density at radius 2 is 0.763 bits per heavy atom. The van der Waals surface area contributed by atoms with Crippen molar-refractivity contribution in [2.24, 2.45) is 0 Å². The summed E-state index contributed by atoms with van der Waals surface area (Å²) in [4.78, 5) is 22.8. The predicted molar refractivity (Wildman–Crippen MR) is 298 cm³/mol. The minimum atomic E-state index is -1.02. The summed E-state index contributed by atoms with van der Waals surface area (Å²) in [6, 6.07) is 71.9. The first kappa shape index (κ1) is 51.7. The smallest absolute Gasteiger partial charge is 0.344 e. The van der Waals surface area contributed by atoms with Crippen LogP contribution in [0.4, 0.5) is 0 Å². The average Bonchev–Trinajstić information content (AvgIpc) is 4.09. The molecule has 0 radical (unpaired) electrons. The second-order valence-corrected chi connectivity index (χ2v) is 17.5. The number of carbonyl (C=O) groups excluding carboxylic acids is 1. The first-order chi connectivity index (χ1) is 37.3. The highest BCUT2D eigenvalue weighted by atomic mass is 16.6. The molecule has 0 amide bonds. The van der Waals surface area contributed by atoms with Gasteiger partial charge in [0.2, 0.25) is 0 Å². The number of aliphatic carboxylic acids is 1. The number of ether oxygens (including phenoxy) is 5. The number of furan rings is 2. The highest BCUT2D eigenvalue weighted by Gasteiger charge is 2.27. The van der Waals surface area contributed by atoms with Gasteiger partial charge in [-0.3, -0.25) is 0 Å². The third kappa shape index (κ3) is 12.1. The highest BCUT2D eigenvalue weighted by Crippen LogP contribution is 2.48. The van der Waals surface area contributed by atoms with Crippen LogP contribution in [0.15, 0.2) is 227 Å². The molecule has 2 aromatic heterocycles. The van der Waals surface area contributed by atoms with Crippen LogP contribution >= 0.6 is 0 Å². The lowest BCUT2D eigenvalue weighted by Crippen LogP contribution is -2.14. The van der Waals surface area contributed by atoms with E-state index in [-0.39, 0.29) is 6.61 Å². The van der Waals surface area contributed by atoms with E-state index in [1.165, 1.54) is 0 Å². The molecule has 10 nitrogen and oxygen atoms in total. The number of carbonyl (C=O) groups is 2. The monoisotopic (exact) mass is 1010 g/mol. The molecule has 10 aromatic rings. The van der Waals surface area contributed by atoms with Crippen molar-refractivity contribution in [3.63, 3.8) is 0 Å². The molecule has 380 valence electrons. The van der Waals surface area contributed by atoms with Crippen LogP contribution in [0, 0.1) is 0 Å². The molecule has 10 rings (SSSR count). The van der Waals surface area contributed by atoms with Gasteiger partial charge in [-0.2, -0.15) is 0 Å². The van der Waals surface area contributed by atoms with Crippen molar-refractivity contribution in [2.45, 2.75) is 20.1 Å². The van der Waals surface area contributed by atoms with Gasteiger partial charge >= 0.3 is 11.9 Å². The van der Waals surface area contributed by atoms with Crippen LogP contribution in [0.5, 0.6) is 11.5 Å². The number of hydrogen-bond donors (Lipinski definition) is 1. The number of hydrogen-bond acceptors (Lipinski definition) is 9. The van der Waals surface area contributed by atoms with Crippen molar-refractivity contribution in [1.29, 1.82) is 0 Å². The molecule has 0 aliphatic heterocycles. The predicted octanol–water partition coefficient (Wildman–Crippen LogP) is 15.6. The van der Waals surface area contributed by atoms with Crippen LogP contribution in [0.3, 0.4) is 0 Å². The maximum atomic E-state index is 11.8. The second-order valence-electron chi connectivity index (χ2n) is 17.5. The first-order valence-electron chi connectivity index (χ1n) is 24.9. The van der Waals surface area contributed by atoms with E-state index < -0.39 is 18.5 Å². The van der Waals surface area contributed by atoms with E-state index in [1.54, 1.807) is 27.2 Å². The Morgan fingerprint density at radius 1 is 0.408 bits per heavy atom. The van der Waals surface area contributed by atoms with Gasteiger partial charge in [-0.15, -0.1) is 0 Å². The van der Waals surface area contributed by atoms with E-state index in [9.17, 15) is 9.59 Å². The molecule has 10 heteroatoms. The fourth-order valence-corrected chi connectivity index (χ4v) is 9.20. The molecule has 0 aliphatic rings. The minimum Gasteiger partial charge on any atom is -0.482 e. The van der Waals surface area contributed by atoms with Crippen LogP contribution < -0.4 is 9.47 Å². The van der Waals surface area contributed by atoms with Gasteiger partial charge in [-0.05, 0) is 64.6 Å². The molecule has 1 N–H and O–H groups in total. The molecule has 0 fully saturated rings. The van der Waals surface area contributed by atoms with Crippen molar-refractivity contribution in [1.82, 2.24) is 0 Å². The Labute approximate surface area is 442 Å². The molecule has 0 bridgehead atoms. The first-order valence-corrected chi connectivity index (χ1v) is 24.9. The maximum Gasteiger partial charge on any atom is 0.344 e. The number of esters is 1. The zero-order valence-corrected chi connectivity index (χ0v) is 42.4. The molecule has 0 atom stereocenters. The van der Waals surface area contributed by atoms with E-state index in [0.29, 0.717) is 31.3 Å². The average molecular weight is 1010 g/mol. The van der Waals surface area contributed by atoms with E-state index in [1.807, 2.05) is 164 Å². The minimum absolute atomic E-state index is 0.143. The number of carboxylic acids is 1. The Morgan fingerprint density at radius 3 is 1.14 bits per heavy atom. The maximum absolute atomic E-state index is 11.8. The lowest BCUT2D eigenvalue weighted by molar-refractivity contribution is -0.145. The van der Waals surface area contributed by atoms with Crippen LogP contribution in [-0.2, 0) is 37.0 Å². The summed E-state index contributed by atoms with van der Waals surface area (Å²) < 4.78 is 41.0. The Kier molecular flexibility index (Phi) is 17.1. The summed E-state index contributed by atoms with van der Waals surface area (Å²) in [6.45, 7) is 2.30. The molecule has 0 aliphatic carbocycles. The van der Waals surface area contributed by atoms with Crippen molar-refractivity contribution >= 4 is 11.9 Å². The van der Waals surface area contributed by atoms with E-state index in [0.717, 1.165) is 101 Å². The summed E-state index contributed by atoms with van der Waals surface area (Å²) >= 11 is 0. The summed E-state index contributed by atoms with van der Waals surface area (Å²) in [5.41, 5.74) is 13.6. The lowest BCUT2D eigenvalue weighted by atomic mass is 9.93. The Bertz CT molecular complexity index is 3510. The summed E-state index contributed by atoms with van der Waals surface area (Å²) in [7, 11) is 3.38. The summed E-state index contributed by atoms with van der Waals surface area (Å²) in [6.07, 6.45) is 0. The van der Waals surface area contributed by atoms with Crippen molar-refractivity contribution in [3.05, 3.63) is 230 Å². The second kappa shape index (κ2) is 25.1. The van der Waals surface area contributed by atoms with Gasteiger partial charge in [0.25, 0.3) is 0 Å². The van der Waals surface area contributed by atoms with Gasteiger partial charge in [0.15, 0.2) is 13.2 Å². The van der Waals surface area contributed by atoms with Gasteiger partial charge < -0.3 is 37.6 Å². The Balaban J connectivity index is 0.000000186. The SMILES string of the molecule is CCOC(=O)COc1cccc(-c2ccccc2-c2oc(-c3ccccc3)c(-c3ccccc3)c2COC)c1.COCc1c(-c2ccccc2-c2cccc(OCC(=O)O)c2)oc(-c2ccccc2)c1-c1ccccc1. The summed E-state index contributed by atoms with van der Waals surface area (Å²) in [5, 5.41) is 9.00. The van der Waals surface area contributed by atoms with Crippen LogP contribution in [0.2, 0.25) is 0 Å². The molecule has 2 heterocycles. The topological polar surface area (TPSA) is 127 Å². The van der Waals surface area contributed by atoms with Crippen molar-refractivity contribution < 1.29 is 47.2 Å². The number of methoxy groups -OCH3 is 2.